The van der Waals surface area contributed by atoms with E-state index in [1.165, 1.54) is 0 Å². The molecule has 7 nitrogen and oxygen atoms in total. The number of ether oxygens (including phenoxy) is 2. The van der Waals surface area contributed by atoms with Crippen molar-refractivity contribution < 1.29 is 19.1 Å². The van der Waals surface area contributed by atoms with Gasteiger partial charge in [-0.15, -0.1) is 0 Å². The number of benzene rings is 1. The summed E-state index contributed by atoms with van der Waals surface area (Å²) in [5, 5.41) is 3.15. The number of rotatable bonds is 6. The SMILES string of the molecule is CCOC(=O)C1=C(C)NC(C)=C(C(=O)OCC(C)C)C1c1cccc2nsnc12. The standard InChI is InChI=1S/C21H25N3O4S/c1-6-27-20(25)16-12(4)22-13(5)17(21(26)28-10-11(2)3)18(16)14-8-7-9-15-19(14)24-29-23-15/h7-9,11,18,22H,6,10H2,1-5H3. The Balaban J connectivity index is 2.18. The van der Waals surface area contributed by atoms with Crippen molar-refractivity contribution in [2.75, 3.05) is 13.2 Å². The van der Waals surface area contributed by atoms with Crippen molar-refractivity contribution in [2.24, 2.45) is 5.92 Å². The highest BCUT2D eigenvalue weighted by atomic mass is 32.1. The van der Waals surface area contributed by atoms with E-state index in [4.69, 9.17) is 9.47 Å². The maximum atomic E-state index is 13.1. The molecule has 0 fully saturated rings. The fourth-order valence-corrected chi connectivity index (χ4v) is 3.99. The summed E-state index contributed by atoms with van der Waals surface area (Å²) in [7, 11) is 0. The van der Waals surface area contributed by atoms with Crippen LogP contribution < -0.4 is 5.32 Å². The van der Waals surface area contributed by atoms with Crippen LogP contribution in [0.5, 0.6) is 0 Å². The molecule has 1 N–H and O–H groups in total. The number of allylic oxidation sites excluding steroid dienone is 2. The Kier molecular flexibility index (Phi) is 6.32. The molecule has 1 atom stereocenters. The van der Waals surface area contributed by atoms with Crippen molar-refractivity contribution in [2.45, 2.75) is 40.5 Å². The van der Waals surface area contributed by atoms with Crippen LogP contribution in [0, 0.1) is 5.92 Å². The number of nitrogens with zero attached hydrogens (tertiary/aromatic N) is 2. The van der Waals surface area contributed by atoms with Crippen molar-refractivity contribution in [1.82, 2.24) is 14.1 Å². The average Bonchev–Trinajstić information content (AvgIpc) is 3.14. The van der Waals surface area contributed by atoms with Crippen LogP contribution in [0.4, 0.5) is 0 Å². The van der Waals surface area contributed by atoms with E-state index in [9.17, 15) is 9.59 Å². The Morgan fingerprint density at radius 1 is 1.10 bits per heavy atom. The molecule has 1 aliphatic heterocycles. The molecule has 0 saturated carbocycles. The topological polar surface area (TPSA) is 90.4 Å². The Morgan fingerprint density at radius 3 is 2.38 bits per heavy atom. The Bertz CT molecular complexity index is 1010. The number of hydrogen-bond donors (Lipinski definition) is 1. The summed E-state index contributed by atoms with van der Waals surface area (Å²) < 4.78 is 19.6. The van der Waals surface area contributed by atoms with Crippen LogP contribution in [-0.4, -0.2) is 33.9 Å². The molecular weight excluding hydrogens is 390 g/mol. The smallest absolute Gasteiger partial charge is 0.336 e. The van der Waals surface area contributed by atoms with Gasteiger partial charge in [-0.3, -0.25) is 0 Å². The summed E-state index contributed by atoms with van der Waals surface area (Å²) in [5.74, 6) is -1.38. The highest BCUT2D eigenvalue weighted by molar-refractivity contribution is 7.00. The van der Waals surface area contributed by atoms with Crippen LogP contribution >= 0.6 is 11.7 Å². The fraction of sp³-hybridized carbons (Fsp3) is 0.429. The molecule has 1 aromatic heterocycles. The van der Waals surface area contributed by atoms with Gasteiger partial charge in [-0.2, -0.15) is 8.75 Å². The molecule has 0 radical (unpaired) electrons. The van der Waals surface area contributed by atoms with Gasteiger partial charge in [-0.05, 0) is 38.3 Å². The van der Waals surface area contributed by atoms with Gasteiger partial charge in [-0.1, -0.05) is 26.0 Å². The van der Waals surface area contributed by atoms with Gasteiger partial charge in [0, 0.05) is 11.4 Å². The number of nitrogens with one attached hydrogen (secondary N) is 1. The van der Waals surface area contributed by atoms with E-state index in [0.29, 0.717) is 34.7 Å². The number of carbonyl (C=O) groups excluding carboxylic acids is 2. The van der Waals surface area contributed by atoms with Crippen LogP contribution in [0.2, 0.25) is 0 Å². The zero-order chi connectivity index (χ0) is 21.1. The van der Waals surface area contributed by atoms with E-state index in [1.807, 2.05) is 39.0 Å². The lowest BCUT2D eigenvalue weighted by Crippen LogP contribution is -2.33. The summed E-state index contributed by atoms with van der Waals surface area (Å²) in [5.41, 5.74) is 4.19. The van der Waals surface area contributed by atoms with Crippen LogP contribution in [0.15, 0.2) is 40.7 Å². The minimum atomic E-state index is -0.650. The molecule has 2 heterocycles. The Morgan fingerprint density at radius 2 is 1.76 bits per heavy atom. The molecule has 8 heteroatoms. The largest absolute Gasteiger partial charge is 0.463 e. The molecular formula is C21H25N3O4S. The lowest BCUT2D eigenvalue weighted by atomic mass is 9.80. The van der Waals surface area contributed by atoms with Crippen molar-refractivity contribution in [1.29, 1.82) is 0 Å². The van der Waals surface area contributed by atoms with Gasteiger partial charge in [0.15, 0.2) is 0 Å². The summed E-state index contributed by atoms with van der Waals surface area (Å²) in [6.07, 6.45) is 0. The molecule has 0 saturated heterocycles. The van der Waals surface area contributed by atoms with Gasteiger partial charge in [0.05, 0.1) is 42.0 Å². The van der Waals surface area contributed by atoms with Crippen molar-refractivity contribution in [3.63, 3.8) is 0 Å². The maximum absolute atomic E-state index is 13.1. The van der Waals surface area contributed by atoms with Gasteiger partial charge >= 0.3 is 11.9 Å². The highest BCUT2D eigenvalue weighted by Crippen LogP contribution is 2.41. The van der Waals surface area contributed by atoms with Crippen LogP contribution in [-0.2, 0) is 19.1 Å². The lowest BCUT2D eigenvalue weighted by molar-refractivity contribution is -0.140. The van der Waals surface area contributed by atoms with E-state index in [0.717, 1.165) is 22.8 Å². The molecule has 0 amide bonds. The first-order valence-electron chi connectivity index (χ1n) is 9.59. The van der Waals surface area contributed by atoms with Crippen LogP contribution in [0.25, 0.3) is 11.0 Å². The first-order chi connectivity index (χ1) is 13.8. The zero-order valence-electron chi connectivity index (χ0n) is 17.2. The quantitative estimate of drug-likeness (QED) is 0.720. The first-order valence-corrected chi connectivity index (χ1v) is 10.3. The van der Waals surface area contributed by atoms with Crippen molar-refractivity contribution in [3.8, 4) is 0 Å². The number of dihydropyridines is 1. The summed E-state index contributed by atoms with van der Waals surface area (Å²) >= 11 is 1.10. The molecule has 0 spiro atoms. The lowest BCUT2D eigenvalue weighted by Gasteiger charge is -2.30. The minimum Gasteiger partial charge on any atom is -0.463 e. The summed E-state index contributed by atoms with van der Waals surface area (Å²) in [6.45, 7) is 9.84. The number of hydrogen-bond acceptors (Lipinski definition) is 8. The third-order valence-corrected chi connectivity index (χ3v) is 5.19. The number of aromatic nitrogens is 2. The van der Waals surface area contributed by atoms with E-state index >= 15 is 0 Å². The second-order valence-corrected chi connectivity index (χ2v) is 7.86. The van der Waals surface area contributed by atoms with Crippen molar-refractivity contribution >= 4 is 34.7 Å². The number of fused-ring (bicyclic) bond motifs is 1. The zero-order valence-corrected chi connectivity index (χ0v) is 18.1. The summed E-state index contributed by atoms with van der Waals surface area (Å²) in [6, 6.07) is 5.58. The van der Waals surface area contributed by atoms with Gasteiger partial charge in [-0.25, -0.2) is 9.59 Å². The number of esters is 2. The van der Waals surface area contributed by atoms with Gasteiger partial charge in [0.1, 0.15) is 11.0 Å². The summed E-state index contributed by atoms with van der Waals surface area (Å²) in [4.78, 5) is 26.0. The first kappa shape index (κ1) is 21.0. The monoisotopic (exact) mass is 415 g/mol. The van der Waals surface area contributed by atoms with Gasteiger partial charge in [0.2, 0.25) is 0 Å². The third kappa shape index (κ3) is 4.17. The van der Waals surface area contributed by atoms with E-state index in [1.54, 1.807) is 13.8 Å². The Labute approximate surface area is 174 Å². The van der Waals surface area contributed by atoms with Gasteiger partial charge in [0.25, 0.3) is 0 Å². The fourth-order valence-electron chi connectivity index (χ4n) is 3.44. The second-order valence-electron chi connectivity index (χ2n) is 7.33. The molecule has 154 valence electrons. The van der Waals surface area contributed by atoms with Crippen LogP contribution in [0.3, 0.4) is 0 Å². The molecule has 1 unspecified atom stereocenters. The molecule has 1 aromatic carbocycles. The second kappa shape index (κ2) is 8.73. The highest BCUT2D eigenvalue weighted by Gasteiger charge is 2.39. The van der Waals surface area contributed by atoms with Gasteiger partial charge < -0.3 is 14.8 Å². The molecule has 3 rings (SSSR count). The van der Waals surface area contributed by atoms with E-state index < -0.39 is 17.9 Å². The van der Waals surface area contributed by atoms with Crippen LogP contribution in [0.1, 0.15) is 46.1 Å². The minimum absolute atomic E-state index is 0.197. The molecule has 1 aliphatic rings. The normalized spacial score (nSPS) is 17.0. The van der Waals surface area contributed by atoms with E-state index in [2.05, 4.69) is 14.1 Å². The average molecular weight is 416 g/mol. The predicted molar refractivity (Wildman–Crippen MR) is 111 cm³/mol. The molecule has 0 bridgehead atoms. The number of carbonyl (C=O) groups is 2. The maximum Gasteiger partial charge on any atom is 0.336 e. The third-order valence-electron chi connectivity index (χ3n) is 4.65. The Hall–Kier alpha value is -2.74. The molecule has 29 heavy (non-hydrogen) atoms. The predicted octanol–water partition coefficient (Wildman–Crippen LogP) is 3.69. The van der Waals surface area contributed by atoms with Crippen molar-refractivity contribution in [3.05, 3.63) is 46.3 Å². The van der Waals surface area contributed by atoms with E-state index in [-0.39, 0.29) is 12.5 Å². The molecule has 0 aliphatic carbocycles. The molecule has 2 aromatic rings.